The van der Waals surface area contributed by atoms with Crippen molar-refractivity contribution >= 4 is 0 Å². The number of hydrogen-bond acceptors (Lipinski definition) is 4. The fraction of sp³-hybridized carbons (Fsp3) is 0.500. The highest BCUT2D eigenvalue weighted by Crippen LogP contribution is 2.34. The van der Waals surface area contributed by atoms with Crippen LogP contribution in [0.15, 0.2) is 18.3 Å². The topological polar surface area (TPSA) is 56.3 Å². The van der Waals surface area contributed by atoms with E-state index in [1.165, 1.54) is 4.57 Å². The van der Waals surface area contributed by atoms with Crippen molar-refractivity contribution in [1.29, 1.82) is 0 Å². The van der Waals surface area contributed by atoms with E-state index in [4.69, 9.17) is 10.5 Å². The van der Waals surface area contributed by atoms with E-state index in [-0.39, 0.29) is 24.8 Å². The van der Waals surface area contributed by atoms with Gasteiger partial charge in [-0.3, -0.25) is 4.90 Å². The van der Waals surface area contributed by atoms with Gasteiger partial charge in [0, 0.05) is 43.0 Å². The number of nitrogens with two attached hydrogens (primary N) is 1. The fourth-order valence-electron chi connectivity index (χ4n) is 3.89. The Bertz CT molecular complexity index is 914. The molecular weight excluding hydrogens is 402 g/mol. The van der Waals surface area contributed by atoms with Gasteiger partial charge in [-0.05, 0) is 12.5 Å². The van der Waals surface area contributed by atoms with Crippen molar-refractivity contribution in [3.63, 3.8) is 0 Å². The van der Waals surface area contributed by atoms with E-state index < -0.39 is 41.5 Å². The van der Waals surface area contributed by atoms with Crippen LogP contribution < -0.4 is 5.73 Å². The summed E-state index contributed by atoms with van der Waals surface area (Å²) in [4.78, 5) is 5.59. The fourth-order valence-corrected chi connectivity index (χ4v) is 3.89. The molecule has 1 saturated heterocycles. The third-order valence-electron chi connectivity index (χ3n) is 5.39. The van der Waals surface area contributed by atoms with Crippen LogP contribution in [0.5, 0.6) is 0 Å². The summed E-state index contributed by atoms with van der Waals surface area (Å²) in [5, 5.41) is 0. The quantitative estimate of drug-likeness (QED) is 0.600. The van der Waals surface area contributed by atoms with Crippen LogP contribution in [0.1, 0.15) is 29.6 Å². The molecule has 0 aliphatic carbocycles. The summed E-state index contributed by atoms with van der Waals surface area (Å²) in [7, 11) is 0. The van der Waals surface area contributed by atoms with Crippen LogP contribution in [0.2, 0.25) is 0 Å². The van der Waals surface area contributed by atoms with Crippen molar-refractivity contribution < 1.29 is 31.1 Å². The maximum Gasteiger partial charge on any atom is 0.434 e. The molecule has 0 amide bonds. The van der Waals surface area contributed by atoms with Gasteiger partial charge in [-0.2, -0.15) is 13.2 Å². The summed E-state index contributed by atoms with van der Waals surface area (Å²) in [6, 6.07) is 0.288. The molecule has 0 radical (unpaired) electrons. The number of nitrogens with zero attached hydrogens (tertiary/aromatic N) is 3. The summed E-state index contributed by atoms with van der Waals surface area (Å²) < 4.78 is 86.4. The van der Waals surface area contributed by atoms with E-state index >= 15 is 0 Å². The maximum absolute atomic E-state index is 14.0. The van der Waals surface area contributed by atoms with E-state index in [1.807, 2.05) is 4.90 Å². The largest absolute Gasteiger partial charge is 0.434 e. The second-order valence-electron chi connectivity index (χ2n) is 7.30. The first-order valence-corrected chi connectivity index (χ1v) is 9.02. The first kappa shape index (κ1) is 20.2. The lowest BCUT2D eigenvalue weighted by Crippen LogP contribution is -2.51. The number of aromatic nitrogens is 2. The lowest BCUT2D eigenvalue weighted by atomic mass is 9.93. The lowest BCUT2D eigenvalue weighted by molar-refractivity contribution is -0.141. The number of hydrogen-bond donors (Lipinski definition) is 1. The average molecular weight is 420 g/mol. The van der Waals surface area contributed by atoms with Gasteiger partial charge >= 0.3 is 6.18 Å². The predicted octanol–water partition coefficient (Wildman–Crippen LogP) is 2.99. The third kappa shape index (κ3) is 3.86. The minimum atomic E-state index is -4.51. The van der Waals surface area contributed by atoms with Crippen molar-refractivity contribution in [3.05, 3.63) is 52.9 Å². The number of alkyl halides is 3. The molecule has 3 heterocycles. The number of imidazole rings is 1. The molecule has 2 aliphatic heterocycles. The molecule has 2 aromatic rings. The van der Waals surface area contributed by atoms with Gasteiger partial charge in [-0.25, -0.2) is 18.2 Å². The Morgan fingerprint density at radius 3 is 2.48 bits per heavy atom. The normalized spacial score (nSPS) is 25.8. The Balaban J connectivity index is 1.46. The summed E-state index contributed by atoms with van der Waals surface area (Å²) in [5.41, 5.74) is 5.03. The summed E-state index contributed by atoms with van der Waals surface area (Å²) in [6.45, 7) is 1.14. The summed E-state index contributed by atoms with van der Waals surface area (Å²) in [5.74, 6) is -3.13. The highest BCUT2D eigenvalue weighted by Gasteiger charge is 2.38. The molecule has 29 heavy (non-hydrogen) atoms. The van der Waals surface area contributed by atoms with Gasteiger partial charge in [-0.15, -0.1) is 0 Å². The lowest BCUT2D eigenvalue weighted by Gasteiger charge is -2.41. The second-order valence-corrected chi connectivity index (χ2v) is 7.30. The number of halogens is 6. The molecule has 0 bridgehead atoms. The van der Waals surface area contributed by atoms with Crippen LogP contribution in [0, 0.1) is 17.5 Å². The zero-order valence-electron chi connectivity index (χ0n) is 15.1. The Morgan fingerprint density at radius 2 is 1.79 bits per heavy atom. The molecule has 0 saturated carbocycles. The van der Waals surface area contributed by atoms with Gasteiger partial charge in [0.05, 0.1) is 13.2 Å². The van der Waals surface area contributed by atoms with Crippen LogP contribution in [0.4, 0.5) is 26.3 Å². The van der Waals surface area contributed by atoms with Gasteiger partial charge < -0.3 is 15.0 Å². The maximum atomic E-state index is 14.0. The van der Waals surface area contributed by atoms with E-state index in [0.717, 1.165) is 12.3 Å². The molecule has 4 rings (SSSR count). The number of fused-ring (bicyclic) bond motifs is 1. The van der Waals surface area contributed by atoms with E-state index in [9.17, 15) is 26.3 Å². The molecule has 5 nitrogen and oxygen atoms in total. The van der Waals surface area contributed by atoms with Crippen LogP contribution >= 0.6 is 0 Å². The van der Waals surface area contributed by atoms with Gasteiger partial charge in [0.25, 0.3) is 0 Å². The van der Waals surface area contributed by atoms with Crippen molar-refractivity contribution in [2.75, 3.05) is 13.2 Å². The highest BCUT2D eigenvalue weighted by atomic mass is 19.4. The predicted molar refractivity (Wildman–Crippen MR) is 89.0 cm³/mol. The van der Waals surface area contributed by atoms with Gasteiger partial charge in [0.2, 0.25) is 0 Å². The van der Waals surface area contributed by atoms with Crippen molar-refractivity contribution in [2.24, 2.45) is 5.73 Å². The van der Waals surface area contributed by atoms with E-state index in [2.05, 4.69) is 4.98 Å². The minimum Gasteiger partial charge on any atom is -0.370 e. The smallest absolute Gasteiger partial charge is 0.370 e. The first-order valence-electron chi connectivity index (χ1n) is 9.02. The Hall–Kier alpha value is -2.11. The Labute approximate surface area is 162 Å². The molecular formula is C18H18F6N4O. The zero-order valence-corrected chi connectivity index (χ0v) is 15.1. The molecule has 1 fully saturated rings. The van der Waals surface area contributed by atoms with Crippen molar-refractivity contribution in [1.82, 2.24) is 14.5 Å². The molecule has 1 aromatic carbocycles. The van der Waals surface area contributed by atoms with Gasteiger partial charge in [0.1, 0.15) is 17.7 Å². The number of ether oxygens (including phenoxy) is 1. The van der Waals surface area contributed by atoms with E-state index in [0.29, 0.717) is 31.4 Å². The highest BCUT2D eigenvalue weighted by molar-refractivity contribution is 5.24. The van der Waals surface area contributed by atoms with Gasteiger partial charge in [-0.1, -0.05) is 0 Å². The molecule has 0 unspecified atom stereocenters. The van der Waals surface area contributed by atoms with E-state index in [1.54, 1.807) is 0 Å². The second kappa shape index (κ2) is 7.29. The number of rotatable bonds is 2. The monoisotopic (exact) mass is 420 g/mol. The first-order chi connectivity index (χ1) is 13.6. The van der Waals surface area contributed by atoms with Crippen LogP contribution in [-0.2, 0) is 24.0 Å². The Kier molecular flexibility index (Phi) is 5.07. The van der Waals surface area contributed by atoms with Crippen LogP contribution in [-0.4, -0.2) is 39.7 Å². The van der Waals surface area contributed by atoms with Crippen molar-refractivity contribution in [2.45, 2.75) is 43.9 Å². The number of benzene rings is 1. The van der Waals surface area contributed by atoms with Gasteiger partial charge in [0.15, 0.2) is 17.3 Å². The van der Waals surface area contributed by atoms with Crippen LogP contribution in [0.3, 0.4) is 0 Å². The molecule has 158 valence electrons. The van der Waals surface area contributed by atoms with Crippen LogP contribution in [0.25, 0.3) is 0 Å². The molecule has 2 aliphatic rings. The third-order valence-corrected chi connectivity index (χ3v) is 5.39. The molecule has 11 heteroatoms. The Morgan fingerprint density at radius 1 is 1.07 bits per heavy atom. The zero-order chi connectivity index (χ0) is 20.9. The summed E-state index contributed by atoms with van der Waals surface area (Å²) in [6.07, 6.45) is -4.09. The van der Waals surface area contributed by atoms with Crippen molar-refractivity contribution in [3.8, 4) is 0 Å². The SMILES string of the molecule is N[C@H]1C[C@@H](N2CCn3cc(C(F)(F)F)nc3C2)CO[C@@H]1c1cc(F)c(F)cc1F. The summed E-state index contributed by atoms with van der Waals surface area (Å²) >= 11 is 0. The molecule has 0 spiro atoms. The minimum absolute atomic E-state index is 0.129. The molecule has 3 atom stereocenters. The standard InChI is InChI=1S/C18H18F6N4O/c19-11-5-13(21)12(20)4-10(11)17-14(25)3-9(8-29-17)27-1-2-28-6-15(18(22,23)24)26-16(28)7-27/h4-6,9,14,17H,1-3,7-8,25H2/t9-,14+,17-/m1/s1. The molecule has 1 aromatic heterocycles. The molecule has 2 N–H and O–H groups in total. The average Bonchev–Trinajstić information content (AvgIpc) is 3.09.